The van der Waals surface area contributed by atoms with Crippen molar-refractivity contribution in [2.75, 3.05) is 14.2 Å². The van der Waals surface area contributed by atoms with E-state index < -0.39 is 30.5 Å². The van der Waals surface area contributed by atoms with Crippen LogP contribution in [0.5, 0.6) is 5.75 Å². The highest BCUT2D eigenvalue weighted by Gasteiger charge is 2.42. The molecule has 6 nitrogen and oxygen atoms in total. The summed E-state index contributed by atoms with van der Waals surface area (Å²) >= 11 is 0. The molecule has 1 fully saturated rings. The zero-order valence-electron chi connectivity index (χ0n) is 12.8. The number of carbonyl (C=O) groups excluding carboxylic acids is 1. The predicted octanol–water partition coefficient (Wildman–Crippen LogP) is 1.15. The topological polar surface area (TPSA) is 85.2 Å². The molecule has 0 spiro atoms. The molecule has 1 aromatic carbocycles. The number of aliphatic hydroxyl groups is 2. The molecular weight excluding hydrogens is 288 g/mol. The third-order valence-corrected chi connectivity index (χ3v) is 4.48. The van der Waals surface area contributed by atoms with E-state index in [1.807, 2.05) is 12.1 Å². The maximum Gasteiger partial charge on any atom is 0.200 e. The van der Waals surface area contributed by atoms with E-state index >= 15 is 0 Å². The summed E-state index contributed by atoms with van der Waals surface area (Å²) in [5, 5.41) is 19.7. The number of aliphatic hydroxyl groups excluding tert-OH is 2. The lowest BCUT2D eigenvalue weighted by Crippen LogP contribution is -2.44. The van der Waals surface area contributed by atoms with Gasteiger partial charge in [0.1, 0.15) is 18.0 Å². The summed E-state index contributed by atoms with van der Waals surface area (Å²) in [6.45, 7) is 1.71. The van der Waals surface area contributed by atoms with Crippen LogP contribution >= 0.6 is 0 Å². The fraction of sp³-hybridized carbons (Fsp3) is 0.562. The average molecular weight is 308 g/mol. The van der Waals surface area contributed by atoms with E-state index in [4.69, 9.17) is 14.2 Å². The van der Waals surface area contributed by atoms with Crippen molar-refractivity contribution in [3.05, 3.63) is 28.8 Å². The van der Waals surface area contributed by atoms with Crippen molar-refractivity contribution < 1.29 is 29.2 Å². The fourth-order valence-corrected chi connectivity index (χ4v) is 3.26. The number of rotatable bonds is 3. The number of hydrogen-bond acceptors (Lipinski definition) is 6. The molecule has 0 aromatic heterocycles. The molecule has 1 aliphatic heterocycles. The molecule has 1 aliphatic carbocycles. The SMILES string of the molecule is COc1c([C@H]2C[C@@H](O)[C@H](O)[C@@H](C)O2)ccc2c1C(=O)C2OC. The molecule has 0 radical (unpaired) electrons. The Morgan fingerprint density at radius 2 is 1.91 bits per heavy atom. The van der Waals surface area contributed by atoms with Gasteiger partial charge in [0.15, 0.2) is 5.78 Å². The number of fused-ring (bicyclic) bond motifs is 1. The molecule has 1 unspecified atom stereocenters. The lowest BCUT2D eigenvalue weighted by Gasteiger charge is -2.37. The molecule has 1 heterocycles. The first-order valence-corrected chi connectivity index (χ1v) is 7.29. The number of carbonyl (C=O) groups is 1. The molecule has 0 saturated carbocycles. The van der Waals surface area contributed by atoms with Gasteiger partial charge in [-0.2, -0.15) is 0 Å². The van der Waals surface area contributed by atoms with E-state index in [9.17, 15) is 15.0 Å². The Hall–Kier alpha value is -1.47. The van der Waals surface area contributed by atoms with E-state index in [1.165, 1.54) is 14.2 Å². The third-order valence-electron chi connectivity index (χ3n) is 4.48. The molecule has 2 N–H and O–H groups in total. The molecule has 1 saturated heterocycles. The smallest absolute Gasteiger partial charge is 0.200 e. The summed E-state index contributed by atoms with van der Waals surface area (Å²) in [5.41, 5.74) is 2.03. The van der Waals surface area contributed by atoms with Crippen LogP contribution in [0.25, 0.3) is 0 Å². The monoisotopic (exact) mass is 308 g/mol. The van der Waals surface area contributed by atoms with Crippen LogP contribution in [-0.2, 0) is 9.47 Å². The Labute approximate surface area is 128 Å². The molecule has 6 heteroatoms. The van der Waals surface area contributed by atoms with E-state index in [2.05, 4.69) is 0 Å². The molecule has 22 heavy (non-hydrogen) atoms. The second kappa shape index (κ2) is 5.62. The van der Waals surface area contributed by atoms with Gasteiger partial charge in [-0.25, -0.2) is 0 Å². The molecule has 120 valence electrons. The van der Waals surface area contributed by atoms with Gasteiger partial charge >= 0.3 is 0 Å². The zero-order chi connectivity index (χ0) is 16.0. The van der Waals surface area contributed by atoms with Crippen molar-refractivity contribution in [2.45, 2.75) is 43.9 Å². The molecule has 0 amide bonds. The Kier molecular flexibility index (Phi) is 3.94. The highest BCUT2D eigenvalue weighted by Crippen LogP contribution is 2.46. The van der Waals surface area contributed by atoms with Crippen molar-refractivity contribution in [3.63, 3.8) is 0 Å². The molecule has 2 aliphatic rings. The Morgan fingerprint density at radius 1 is 1.23 bits per heavy atom. The van der Waals surface area contributed by atoms with Crippen LogP contribution in [-0.4, -0.2) is 48.5 Å². The lowest BCUT2D eigenvalue weighted by molar-refractivity contribution is -0.163. The van der Waals surface area contributed by atoms with Gasteiger partial charge in [0.05, 0.1) is 31.0 Å². The van der Waals surface area contributed by atoms with Gasteiger partial charge in [-0.1, -0.05) is 12.1 Å². The van der Waals surface area contributed by atoms with Crippen LogP contribution in [0, 0.1) is 0 Å². The number of methoxy groups -OCH3 is 2. The van der Waals surface area contributed by atoms with Gasteiger partial charge in [-0.3, -0.25) is 4.79 Å². The van der Waals surface area contributed by atoms with Gasteiger partial charge in [0.2, 0.25) is 0 Å². The van der Waals surface area contributed by atoms with Crippen LogP contribution < -0.4 is 4.74 Å². The Bertz CT molecular complexity index is 587. The fourth-order valence-electron chi connectivity index (χ4n) is 3.26. The van der Waals surface area contributed by atoms with Crippen LogP contribution in [0.1, 0.15) is 47.0 Å². The Morgan fingerprint density at radius 3 is 2.50 bits per heavy atom. The van der Waals surface area contributed by atoms with Gasteiger partial charge in [-0.05, 0) is 6.92 Å². The molecule has 3 rings (SSSR count). The number of ether oxygens (including phenoxy) is 3. The average Bonchev–Trinajstić information content (AvgIpc) is 2.51. The summed E-state index contributed by atoms with van der Waals surface area (Å²) in [7, 11) is 3.00. The normalized spacial score (nSPS) is 34.0. The number of Topliss-reactive ketones (excluding diaryl/α,β-unsaturated/α-hetero) is 1. The number of benzene rings is 1. The van der Waals surface area contributed by atoms with E-state index in [0.717, 1.165) is 5.56 Å². The first kappa shape index (κ1) is 15.4. The summed E-state index contributed by atoms with van der Waals surface area (Å²) < 4.78 is 16.3. The van der Waals surface area contributed by atoms with Crippen molar-refractivity contribution in [2.24, 2.45) is 0 Å². The maximum atomic E-state index is 12.1. The van der Waals surface area contributed by atoms with E-state index in [1.54, 1.807) is 6.92 Å². The number of ketones is 1. The quantitative estimate of drug-likeness (QED) is 0.871. The summed E-state index contributed by atoms with van der Waals surface area (Å²) in [5.74, 6) is 0.359. The first-order chi connectivity index (χ1) is 10.5. The highest BCUT2D eigenvalue weighted by atomic mass is 16.5. The Balaban J connectivity index is 1.97. The van der Waals surface area contributed by atoms with Crippen molar-refractivity contribution in [1.82, 2.24) is 0 Å². The highest BCUT2D eigenvalue weighted by molar-refractivity contribution is 6.12. The van der Waals surface area contributed by atoms with Gasteiger partial charge in [0.25, 0.3) is 0 Å². The molecule has 1 aromatic rings. The van der Waals surface area contributed by atoms with Gasteiger partial charge < -0.3 is 24.4 Å². The molecular formula is C16H20O6. The van der Waals surface area contributed by atoms with Gasteiger partial charge in [-0.15, -0.1) is 0 Å². The lowest BCUT2D eigenvalue weighted by atomic mass is 9.80. The van der Waals surface area contributed by atoms with Crippen molar-refractivity contribution in [3.8, 4) is 5.75 Å². The molecule has 0 bridgehead atoms. The predicted molar refractivity (Wildman–Crippen MR) is 77.0 cm³/mol. The third kappa shape index (κ3) is 2.14. The summed E-state index contributed by atoms with van der Waals surface area (Å²) in [6.07, 6.45) is -2.98. The standard InChI is InChI=1S/C16H20O6/c1-7-13(18)10(17)6-11(22-7)8-4-5-9-12(15(8)20-2)14(19)16(9)21-3/h4-5,7,10-11,13,16-18H,6H2,1-3H3/t7-,10-,11-,13-,16?/m1/s1. The van der Waals surface area contributed by atoms with Crippen LogP contribution in [0.3, 0.4) is 0 Å². The summed E-state index contributed by atoms with van der Waals surface area (Å²) in [4.78, 5) is 12.1. The largest absolute Gasteiger partial charge is 0.496 e. The first-order valence-electron chi connectivity index (χ1n) is 7.29. The maximum absolute atomic E-state index is 12.1. The minimum absolute atomic E-state index is 0.111. The molecule has 5 atom stereocenters. The van der Waals surface area contributed by atoms with Crippen LogP contribution in [0.4, 0.5) is 0 Å². The van der Waals surface area contributed by atoms with E-state index in [-0.39, 0.29) is 12.2 Å². The van der Waals surface area contributed by atoms with Gasteiger partial charge in [0, 0.05) is 24.7 Å². The van der Waals surface area contributed by atoms with Crippen molar-refractivity contribution >= 4 is 5.78 Å². The van der Waals surface area contributed by atoms with Crippen LogP contribution in [0.2, 0.25) is 0 Å². The zero-order valence-corrected chi connectivity index (χ0v) is 12.8. The van der Waals surface area contributed by atoms with E-state index in [0.29, 0.717) is 16.9 Å². The second-order valence-corrected chi connectivity index (χ2v) is 5.76. The van der Waals surface area contributed by atoms with Crippen molar-refractivity contribution in [1.29, 1.82) is 0 Å². The van der Waals surface area contributed by atoms with Crippen LogP contribution in [0.15, 0.2) is 12.1 Å². The number of hydrogen-bond donors (Lipinski definition) is 2. The minimum atomic E-state index is -0.909. The minimum Gasteiger partial charge on any atom is -0.496 e. The second-order valence-electron chi connectivity index (χ2n) is 5.76. The summed E-state index contributed by atoms with van der Waals surface area (Å²) in [6, 6.07) is 3.66.